The molecule has 0 aliphatic carbocycles. The zero-order chi connectivity index (χ0) is 7.72. The molecule has 0 atom stereocenters. The highest BCUT2D eigenvalue weighted by Crippen LogP contribution is 2.18. The molecule has 0 spiro atoms. The van der Waals surface area contributed by atoms with Gasteiger partial charge in [-0.2, -0.15) is 0 Å². The van der Waals surface area contributed by atoms with Crippen molar-refractivity contribution in [1.29, 1.82) is 0 Å². The summed E-state index contributed by atoms with van der Waals surface area (Å²) in [5, 5.41) is 0.834. The second-order valence-electron chi connectivity index (χ2n) is 2.66. The molecule has 54 valence electrons. The largest absolute Gasteiger partial charge is 0.0843 e. The highest BCUT2D eigenvalue weighted by atomic mass is 35.5. The van der Waals surface area contributed by atoms with Gasteiger partial charge in [0.15, 0.2) is 0 Å². The molecule has 0 aromatic heterocycles. The predicted octanol–water partition coefficient (Wildman–Crippen LogP) is 3.27. The molecule has 0 nitrogen and oxygen atoms in total. The van der Waals surface area contributed by atoms with Crippen LogP contribution in [-0.2, 0) is 0 Å². The SMILES string of the molecule is Cc1cc(Cl)cc(C)c1C. The summed E-state index contributed by atoms with van der Waals surface area (Å²) in [6.45, 7) is 6.27. The molecule has 0 amide bonds. The Morgan fingerprint density at radius 2 is 1.40 bits per heavy atom. The van der Waals surface area contributed by atoms with Gasteiger partial charge in [0, 0.05) is 5.02 Å². The number of aryl methyl sites for hydroxylation is 2. The van der Waals surface area contributed by atoms with E-state index in [-0.39, 0.29) is 0 Å². The van der Waals surface area contributed by atoms with Crippen LogP contribution >= 0.6 is 11.6 Å². The van der Waals surface area contributed by atoms with E-state index in [0.29, 0.717) is 0 Å². The van der Waals surface area contributed by atoms with E-state index in [1.807, 2.05) is 12.1 Å². The predicted molar refractivity (Wildman–Crippen MR) is 45.7 cm³/mol. The molecule has 1 aromatic rings. The molecule has 0 saturated carbocycles. The molecule has 0 saturated heterocycles. The van der Waals surface area contributed by atoms with E-state index in [0.717, 1.165) is 5.02 Å². The summed E-state index contributed by atoms with van der Waals surface area (Å²) in [6, 6.07) is 3.98. The average molecular weight is 155 g/mol. The number of hydrogen-bond acceptors (Lipinski definition) is 0. The molecule has 0 aliphatic rings. The molecule has 0 unspecified atom stereocenters. The topological polar surface area (TPSA) is 0 Å². The van der Waals surface area contributed by atoms with Gasteiger partial charge in [-0.15, -0.1) is 0 Å². The monoisotopic (exact) mass is 154 g/mol. The smallest absolute Gasteiger partial charge is 0.0411 e. The standard InChI is InChI=1S/C9H11Cl/c1-6-4-9(10)5-7(2)8(6)3/h4-5H,1-3H3. The van der Waals surface area contributed by atoms with Crippen LogP contribution in [0.25, 0.3) is 0 Å². The molecule has 0 fully saturated rings. The normalized spacial score (nSPS) is 10.0. The van der Waals surface area contributed by atoms with Crippen molar-refractivity contribution >= 4 is 11.6 Å². The highest BCUT2D eigenvalue weighted by molar-refractivity contribution is 6.30. The first-order valence-corrected chi connectivity index (χ1v) is 3.72. The third-order valence-electron chi connectivity index (χ3n) is 1.89. The minimum atomic E-state index is 0.834. The Labute approximate surface area is 66.8 Å². The minimum absolute atomic E-state index is 0.834. The van der Waals surface area contributed by atoms with Gasteiger partial charge in [-0.3, -0.25) is 0 Å². The van der Waals surface area contributed by atoms with Crippen LogP contribution in [0.4, 0.5) is 0 Å². The molecule has 1 heteroatoms. The third-order valence-corrected chi connectivity index (χ3v) is 2.11. The summed E-state index contributed by atoms with van der Waals surface area (Å²) >= 11 is 5.82. The van der Waals surface area contributed by atoms with E-state index in [9.17, 15) is 0 Å². The van der Waals surface area contributed by atoms with E-state index in [1.54, 1.807) is 0 Å². The van der Waals surface area contributed by atoms with Gasteiger partial charge in [-0.25, -0.2) is 0 Å². The van der Waals surface area contributed by atoms with Crippen LogP contribution in [0.3, 0.4) is 0 Å². The van der Waals surface area contributed by atoms with Gasteiger partial charge in [0.1, 0.15) is 0 Å². The second-order valence-corrected chi connectivity index (χ2v) is 3.10. The van der Waals surface area contributed by atoms with Crippen molar-refractivity contribution in [3.63, 3.8) is 0 Å². The number of halogens is 1. The number of benzene rings is 1. The molecule has 0 bridgehead atoms. The molecule has 1 aromatic carbocycles. The Morgan fingerprint density at radius 1 is 1.00 bits per heavy atom. The lowest BCUT2D eigenvalue weighted by Gasteiger charge is -2.03. The van der Waals surface area contributed by atoms with Gasteiger partial charge >= 0.3 is 0 Å². The maximum Gasteiger partial charge on any atom is 0.0411 e. The van der Waals surface area contributed by atoms with Crippen molar-refractivity contribution in [3.8, 4) is 0 Å². The van der Waals surface area contributed by atoms with Crippen LogP contribution in [0, 0.1) is 20.8 Å². The van der Waals surface area contributed by atoms with Gasteiger partial charge in [-0.05, 0) is 49.6 Å². The Bertz CT molecular complexity index is 228. The van der Waals surface area contributed by atoms with Crippen molar-refractivity contribution in [1.82, 2.24) is 0 Å². The van der Waals surface area contributed by atoms with E-state index in [4.69, 9.17) is 11.6 Å². The van der Waals surface area contributed by atoms with Gasteiger partial charge < -0.3 is 0 Å². The summed E-state index contributed by atoms with van der Waals surface area (Å²) in [7, 11) is 0. The van der Waals surface area contributed by atoms with E-state index < -0.39 is 0 Å². The minimum Gasteiger partial charge on any atom is -0.0843 e. The molecule has 0 aliphatic heterocycles. The van der Waals surface area contributed by atoms with E-state index >= 15 is 0 Å². The van der Waals surface area contributed by atoms with Crippen LogP contribution in [0.15, 0.2) is 12.1 Å². The summed E-state index contributed by atoms with van der Waals surface area (Å²) in [6.07, 6.45) is 0. The van der Waals surface area contributed by atoms with E-state index in [1.165, 1.54) is 16.7 Å². The molecule has 0 radical (unpaired) electrons. The lowest BCUT2D eigenvalue weighted by atomic mass is 10.1. The average Bonchev–Trinajstić information content (AvgIpc) is 1.82. The highest BCUT2D eigenvalue weighted by Gasteiger charge is 1.97. The maximum absolute atomic E-state index is 5.82. The molecule has 1 rings (SSSR count). The summed E-state index contributed by atoms with van der Waals surface area (Å²) in [5.74, 6) is 0. The lowest BCUT2D eigenvalue weighted by molar-refractivity contribution is 1.27. The fourth-order valence-corrected chi connectivity index (χ4v) is 1.31. The Hall–Kier alpha value is -0.490. The first-order valence-electron chi connectivity index (χ1n) is 3.34. The Morgan fingerprint density at radius 3 is 1.80 bits per heavy atom. The fraction of sp³-hybridized carbons (Fsp3) is 0.333. The van der Waals surface area contributed by atoms with Crippen molar-refractivity contribution in [2.45, 2.75) is 20.8 Å². The van der Waals surface area contributed by atoms with Gasteiger partial charge in [-0.1, -0.05) is 11.6 Å². The van der Waals surface area contributed by atoms with Crippen molar-refractivity contribution in [2.75, 3.05) is 0 Å². The first-order chi connectivity index (χ1) is 4.61. The molecule has 0 heterocycles. The molecular weight excluding hydrogens is 144 g/mol. The molecule has 10 heavy (non-hydrogen) atoms. The lowest BCUT2D eigenvalue weighted by Crippen LogP contribution is -1.84. The Kier molecular flexibility index (Phi) is 2.00. The van der Waals surface area contributed by atoms with Gasteiger partial charge in [0.05, 0.1) is 0 Å². The maximum atomic E-state index is 5.82. The quantitative estimate of drug-likeness (QED) is 0.538. The van der Waals surface area contributed by atoms with Crippen LogP contribution in [0.2, 0.25) is 5.02 Å². The number of rotatable bonds is 0. The van der Waals surface area contributed by atoms with Crippen LogP contribution in [-0.4, -0.2) is 0 Å². The first kappa shape index (κ1) is 7.62. The van der Waals surface area contributed by atoms with Crippen LogP contribution in [0.5, 0.6) is 0 Å². The zero-order valence-corrected chi connectivity index (χ0v) is 7.29. The summed E-state index contributed by atoms with van der Waals surface area (Å²) in [4.78, 5) is 0. The van der Waals surface area contributed by atoms with Crippen molar-refractivity contribution in [3.05, 3.63) is 33.8 Å². The van der Waals surface area contributed by atoms with E-state index in [2.05, 4.69) is 20.8 Å². The summed E-state index contributed by atoms with van der Waals surface area (Å²) in [5.41, 5.74) is 3.87. The Balaban J connectivity index is 3.31. The van der Waals surface area contributed by atoms with Gasteiger partial charge in [0.2, 0.25) is 0 Å². The summed E-state index contributed by atoms with van der Waals surface area (Å²) < 4.78 is 0. The third kappa shape index (κ3) is 1.32. The van der Waals surface area contributed by atoms with Crippen LogP contribution in [0.1, 0.15) is 16.7 Å². The molecular formula is C9H11Cl. The fourth-order valence-electron chi connectivity index (χ4n) is 0.983. The van der Waals surface area contributed by atoms with Crippen LogP contribution < -0.4 is 0 Å². The van der Waals surface area contributed by atoms with Crippen molar-refractivity contribution in [2.24, 2.45) is 0 Å². The molecule has 0 N–H and O–H groups in total. The second kappa shape index (κ2) is 2.63. The van der Waals surface area contributed by atoms with Crippen molar-refractivity contribution < 1.29 is 0 Å². The zero-order valence-electron chi connectivity index (χ0n) is 6.53. The number of hydrogen-bond donors (Lipinski definition) is 0. The van der Waals surface area contributed by atoms with Gasteiger partial charge in [0.25, 0.3) is 0 Å².